The zero-order chi connectivity index (χ0) is 21.2. The van der Waals surface area contributed by atoms with Gasteiger partial charge in [-0.05, 0) is 37.0 Å². The number of para-hydroxylation sites is 1. The lowest BCUT2D eigenvalue weighted by atomic mass is 10.0. The molecule has 0 atom stereocenters. The molecule has 1 heterocycles. The summed E-state index contributed by atoms with van der Waals surface area (Å²) in [5, 5.41) is 3.46. The third-order valence-electron chi connectivity index (χ3n) is 5.01. The molecule has 1 fully saturated rings. The van der Waals surface area contributed by atoms with Crippen molar-refractivity contribution in [3.63, 3.8) is 0 Å². The molecule has 3 rings (SSSR count). The van der Waals surface area contributed by atoms with E-state index in [-0.39, 0.29) is 18.6 Å². The van der Waals surface area contributed by atoms with Gasteiger partial charge in [0.2, 0.25) is 5.91 Å². The first-order chi connectivity index (χ1) is 14.6. The highest BCUT2D eigenvalue weighted by Gasteiger charge is 2.24. The first-order valence-electron chi connectivity index (χ1n) is 10.2. The van der Waals surface area contributed by atoms with Crippen molar-refractivity contribution < 1.29 is 19.1 Å². The largest absolute Gasteiger partial charge is 0.492 e. The van der Waals surface area contributed by atoms with E-state index in [1.54, 1.807) is 6.07 Å². The van der Waals surface area contributed by atoms with Gasteiger partial charge in [-0.25, -0.2) is 4.79 Å². The van der Waals surface area contributed by atoms with Gasteiger partial charge in [-0.2, -0.15) is 0 Å². The number of amides is 2. The van der Waals surface area contributed by atoms with Crippen molar-refractivity contribution >= 4 is 23.6 Å². The van der Waals surface area contributed by atoms with Gasteiger partial charge < -0.3 is 19.7 Å². The fraction of sp³-hybridized carbons (Fsp3) is 0.391. The van der Waals surface area contributed by atoms with Crippen LogP contribution in [-0.4, -0.2) is 42.6 Å². The summed E-state index contributed by atoms with van der Waals surface area (Å²) in [6.45, 7) is 1.96. The number of halogens is 1. The molecule has 0 aromatic heterocycles. The second kappa shape index (κ2) is 11.5. The molecular formula is C23H27ClN2O4. The van der Waals surface area contributed by atoms with Gasteiger partial charge in [0.15, 0.2) is 0 Å². The minimum absolute atomic E-state index is 0.0286. The first-order valence-corrected chi connectivity index (χ1v) is 10.6. The number of likely N-dealkylation sites (tertiary alicyclic amines) is 1. The number of hydrogen-bond donors (Lipinski definition) is 1. The van der Waals surface area contributed by atoms with Gasteiger partial charge in [-0.15, -0.1) is 0 Å². The van der Waals surface area contributed by atoms with Crippen LogP contribution in [0.4, 0.5) is 4.79 Å². The van der Waals surface area contributed by atoms with Crippen LogP contribution in [-0.2, 0) is 16.1 Å². The second-order valence-electron chi connectivity index (χ2n) is 7.24. The highest BCUT2D eigenvalue weighted by atomic mass is 35.5. The minimum atomic E-state index is -0.416. The standard InChI is InChI=1S/C23H27ClN2O4/c24-20-9-4-5-10-21(20)29-16-6-11-22(27)26-14-12-19(13-15-26)25-23(28)30-17-18-7-2-1-3-8-18/h1-5,7-10,19H,6,11-17H2,(H,25,28). The molecule has 2 amide bonds. The van der Waals surface area contributed by atoms with E-state index in [4.69, 9.17) is 21.1 Å². The van der Waals surface area contributed by atoms with Crippen molar-refractivity contribution in [1.29, 1.82) is 0 Å². The molecule has 2 aromatic carbocycles. The summed E-state index contributed by atoms with van der Waals surface area (Å²) in [4.78, 5) is 26.2. The van der Waals surface area contributed by atoms with E-state index < -0.39 is 6.09 Å². The van der Waals surface area contributed by atoms with Crippen LogP contribution >= 0.6 is 11.6 Å². The van der Waals surface area contributed by atoms with Gasteiger partial charge in [0.25, 0.3) is 0 Å². The number of nitrogens with one attached hydrogen (secondary N) is 1. The summed E-state index contributed by atoms with van der Waals surface area (Å²) in [5.74, 6) is 0.750. The molecule has 0 saturated carbocycles. The number of ether oxygens (including phenoxy) is 2. The first kappa shape index (κ1) is 22.0. The predicted molar refractivity (Wildman–Crippen MR) is 116 cm³/mol. The number of piperidine rings is 1. The molecule has 1 N–H and O–H groups in total. The summed E-state index contributed by atoms with van der Waals surface area (Å²) in [7, 11) is 0. The summed E-state index contributed by atoms with van der Waals surface area (Å²) in [6, 6.07) is 16.9. The Morgan fingerprint density at radius 1 is 1.03 bits per heavy atom. The Labute approximate surface area is 182 Å². The zero-order valence-corrected chi connectivity index (χ0v) is 17.6. The Hall–Kier alpha value is -2.73. The number of carbonyl (C=O) groups excluding carboxylic acids is 2. The SMILES string of the molecule is O=C(NC1CCN(C(=O)CCCOc2ccccc2Cl)CC1)OCc1ccccc1. The van der Waals surface area contributed by atoms with Crippen molar-refractivity contribution in [2.45, 2.75) is 38.3 Å². The van der Waals surface area contributed by atoms with Gasteiger partial charge in [-0.1, -0.05) is 54.1 Å². The van der Waals surface area contributed by atoms with Gasteiger partial charge in [-0.3, -0.25) is 4.79 Å². The van der Waals surface area contributed by atoms with E-state index in [0.29, 0.717) is 43.3 Å². The molecule has 0 bridgehead atoms. The van der Waals surface area contributed by atoms with E-state index in [1.807, 2.05) is 53.4 Å². The summed E-state index contributed by atoms with van der Waals surface area (Å²) in [5.41, 5.74) is 0.951. The monoisotopic (exact) mass is 430 g/mol. The minimum Gasteiger partial charge on any atom is -0.492 e. The number of rotatable bonds is 8. The Kier molecular flexibility index (Phi) is 8.39. The molecule has 160 valence electrons. The van der Waals surface area contributed by atoms with Gasteiger partial charge in [0.05, 0.1) is 11.6 Å². The molecule has 0 spiro atoms. The Morgan fingerprint density at radius 3 is 2.47 bits per heavy atom. The van der Waals surface area contributed by atoms with Crippen LogP contribution in [0, 0.1) is 0 Å². The number of benzene rings is 2. The van der Waals surface area contributed by atoms with E-state index in [0.717, 1.165) is 18.4 Å². The molecule has 0 aliphatic carbocycles. The fourth-order valence-corrected chi connectivity index (χ4v) is 3.52. The average molecular weight is 431 g/mol. The number of nitrogens with zero attached hydrogens (tertiary/aromatic N) is 1. The molecule has 1 saturated heterocycles. The second-order valence-corrected chi connectivity index (χ2v) is 7.65. The summed E-state index contributed by atoms with van der Waals surface area (Å²) in [6.07, 6.45) is 2.10. The highest BCUT2D eigenvalue weighted by molar-refractivity contribution is 6.32. The topological polar surface area (TPSA) is 67.9 Å². The molecular weight excluding hydrogens is 404 g/mol. The van der Waals surface area contributed by atoms with Crippen molar-refractivity contribution in [3.05, 3.63) is 65.2 Å². The maximum atomic E-state index is 12.4. The van der Waals surface area contributed by atoms with E-state index in [9.17, 15) is 9.59 Å². The maximum absolute atomic E-state index is 12.4. The Morgan fingerprint density at radius 2 is 1.73 bits per heavy atom. The fourth-order valence-electron chi connectivity index (χ4n) is 3.33. The maximum Gasteiger partial charge on any atom is 0.407 e. The molecule has 0 radical (unpaired) electrons. The Balaban J connectivity index is 1.29. The molecule has 7 heteroatoms. The lowest BCUT2D eigenvalue weighted by Gasteiger charge is -2.32. The summed E-state index contributed by atoms with van der Waals surface area (Å²) >= 11 is 6.05. The van der Waals surface area contributed by atoms with Gasteiger partial charge in [0.1, 0.15) is 12.4 Å². The predicted octanol–water partition coefficient (Wildman–Crippen LogP) is 4.42. The van der Waals surface area contributed by atoms with E-state index >= 15 is 0 Å². The average Bonchev–Trinajstić information content (AvgIpc) is 2.77. The third kappa shape index (κ3) is 6.95. The van der Waals surface area contributed by atoms with Crippen molar-refractivity contribution in [2.24, 2.45) is 0 Å². The van der Waals surface area contributed by atoms with Crippen LogP contribution in [0.5, 0.6) is 5.75 Å². The van der Waals surface area contributed by atoms with Crippen LogP contribution in [0.15, 0.2) is 54.6 Å². The molecule has 30 heavy (non-hydrogen) atoms. The number of carbonyl (C=O) groups is 2. The quantitative estimate of drug-likeness (QED) is 0.629. The smallest absolute Gasteiger partial charge is 0.407 e. The summed E-state index contributed by atoms with van der Waals surface area (Å²) < 4.78 is 10.9. The normalized spacial score (nSPS) is 14.2. The number of hydrogen-bond acceptors (Lipinski definition) is 4. The van der Waals surface area contributed by atoms with Crippen molar-refractivity contribution in [3.8, 4) is 5.75 Å². The van der Waals surface area contributed by atoms with Crippen LogP contribution in [0.3, 0.4) is 0 Å². The molecule has 6 nitrogen and oxygen atoms in total. The lowest BCUT2D eigenvalue weighted by molar-refractivity contribution is -0.132. The van der Waals surface area contributed by atoms with Crippen LogP contribution in [0.2, 0.25) is 5.02 Å². The molecule has 1 aliphatic rings. The van der Waals surface area contributed by atoms with Gasteiger partial charge in [0, 0.05) is 25.6 Å². The zero-order valence-electron chi connectivity index (χ0n) is 16.9. The van der Waals surface area contributed by atoms with Crippen LogP contribution in [0.1, 0.15) is 31.2 Å². The van der Waals surface area contributed by atoms with Crippen molar-refractivity contribution in [1.82, 2.24) is 10.2 Å². The van der Waals surface area contributed by atoms with Gasteiger partial charge >= 0.3 is 6.09 Å². The third-order valence-corrected chi connectivity index (χ3v) is 5.32. The highest BCUT2D eigenvalue weighted by Crippen LogP contribution is 2.23. The van der Waals surface area contributed by atoms with Crippen LogP contribution in [0.25, 0.3) is 0 Å². The van der Waals surface area contributed by atoms with E-state index in [2.05, 4.69) is 5.32 Å². The Bertz CT molecular complexity index is 823. The molecule has 1 aliphatic heterocycles. The van der Waals surface area contributed by atoms with Crippen LogP contribution < -0.4 is 10.1 Å². The number of alkyl carbamates (subject to hydrolysis) is 1. The van der Waals surface area contributed by atoms with E-state index in [1.165, 1.54) is 0 Å². The molecule has 2 aromatic rings. The lowest BCUT2D eigenvalue weighted by Crippen LogP contribution is -2.46. The molecule has 0 unspecified atom stereocenters. The van der Waals surface area contributed by atoms with Crippen molar-refractivity contribution in [2.75, 3.05) is 19.7 Å².